The number of carbonyl (C=O) groups excluding carboxylic acids is 1. The van der Waals surface area contributed by atoms with Gasteiger partial charge in [0, 0.05) is 18.2 Å². The molecule has 1 aliphatic rings. The summed E-state index contributed by atoms with van der Waals surface area (Å²) >= 11 is 0. The van der Waals surface area contributed by atoms with Gasteiger partial charge in [-0.25, -0.2) is 8.42 Å². The lowest BCUT2D eigenvalue weighted by atomic mass is 10.0. The van der Waals surface area contributed by atoms with Gasteiger partial charge in [-0.3, -0.25) is 9.10 Å². The van der Waals surface area contributed by atoms with E-state index in [0.29, 0.717) is 17.9 Å². The molecule has 0 unspecified atom stereocenters. The van der Waals surface area contributed by atoms with Crippen LogP contribution in [0.5, 0.6) is 0 Å². The summed E-state index contributed by atoms with van der Waals surface area (Å²) < 4.78 is 27.7. The fourth-order valence-corrected chi connectivity index (χ4v) is 5.05. The fourth-order valence-electron chi connectivity index (χ4n) is 3.49. The molecule has 3 rings (SSSR count). The van der Waals surface area contributed by atoms with Crippen molar-refractivity contribution < 1.29 is 13.2 Å². The summed E-state index contributed by atoms with van der Waals surface area (Å²) in [7, 11) is -3.63. The van der Waals surface area contributed by atoms with E-state index in [-0.39, 0.29) is 16.7 Å². The Balaban J connectivity index is 1.94. The van der Waals surface area contributed by atoms with Gasteiger partial charge in [0.25, 0.3) is 10.0 Å². The molecule has 2 aromatic carbocycles. The van der Waals surface area contributed by atoms with Crippen molar-refractivity contribution in [1.29, 1.82) is 0 Å². The van der Waals surface area contributed by atoms with E-state index in [9.17, 15) is 13.2 Å². The highest BCUT2D eigenvalue weighted by Crippen LogP contribution is 2.34. The van der Waals surface area contributed by atoms with Gasteiger partial charge in [0.05, 0.1) is 10.6 Å². The third-order valence-electron chi connectivity index (χ3n) is 5.12. The summed E-state index contributed by atoms with van der Waals surface area (Å²) in [4.78, 5) is 12.7. The monoisotopic (exact) mass is 386 g/mol. The molecule has 6 heteroatoms. The largest absolute Gasteiger partial charge is 0.326 e. The standard InChI is InChI=1S/C21H26N2O3S/c1-3-16(4-2)21(24)22-18-13-12-17-9-8-14-23(20(17)15-18)27(25,26)19-10-6-5-7-11-19/h5-7,10-13,15-16H,3-4,8-9,14H2,1-2H3,(H,22,24). The molecule has 0 spiro atoms. The van der Waals surface area contributed by atoms with Crippen LogP contribution in [-0.4, -0.2) is 20.9 Å². The number of nitrogens with one attached hydrogen (secondary N) is 1. The Bertz CT molecular complexity index is 906. The van der Waals surface area contributed by atoms with Crippen molar-refractivity contribution in [3.63, 3.8) is 0 Å². The number of anilines is 2. The summed E-state index contributed by atoms with van der Waals surface area (Å²) in [5, 5.41) is 2.95. The van der Waals surface area contributed by atoms with Crippen molar-refractivity contribution in [2.24, 2.45) is 5.92 Å². The van der Waals surface area contributed by atoms with Gasteiger partial charge >= 0.3 is 0 Å². The first kappa shape index (κ1) is 19.4. The predicted molar refractivity (Wildman–Crippen MR) is 108 cm³/mol. The van der Waals surface area contributed by atoms with Gasteiger partial charge in [-0.05, 0) is 55.5 Å². The van der Waals surface area contributed by atoms with Gasteiger partial charge < -0.3 is 5.32 Å². The zero-order valence-corrected chi connectivity index (χ0v) is 16.6. The normalized spacial score (nSPS) is 14.1. The Morgan fingerprint density at radius 3 is 2.48 bits per heavy atom. The molecule has 1 amide bonds. The number of hydrogen-bond acceptors (Lipinski definition) is 3. The van der Waals surface area contributed by atoms with Gasteiger partial charge in [0.15, 0.2) is 0 Å². The molecule has 0 radical (unpaired) electrons. The Labute approximate surface area is 161 Å². The molecule has 0 aromatic heterocycles. The molecule has 0 aliphatic carbocycles. The molecule has 0 saturated heterocycles. The maximum Gasteiger partial charge on any atom is 0.264 e. The minimum absolute atomic E-state index is 0.0202. The van der Waals surface area contributed by atoms with Gasteiger partial charge in [-0.15, -0.1) is 0 Å². The van der Waals surface area contributed by atoms with E-state index >= 15 is 0 Å². The number of carbonyl (C=O) groups is 1. The topological polar surface area (TPSA) is 66.5 Å². The Hall–Kier alpha value is -2.34. The van der Waals surface area contributed by atoms with Gasteiger partial charge in [-0.2, -0.15) is 0 Å². The minimum atomic E-state index is -3.63. The highest BCUT2D eigenvalue weighted by Gasteiger charge is 2.29. The van der Waals surface area contributed by atoms with E-state index in [0.717, 1.165) is 31.2 Å². The molecule has 0 fully saturated rings. The predicted octanol–water partition coefficient (Wildman–Crippen LogP) is 4.20. The molecule has 27 heavy (non-hydrogen) atoms. The molecule has 0 bridgehead atoms. The smallest absolute Gasteiger partial charge is 0.264 e. The van der Waals surface area contributed by atoms with Crippen LogP contribution >= 0.6 is 0 Å². The Morgan fingerprint density at radius 2 is 1.81 bits per heavy atom. The molecule has 5 nitrogen and oxygen atoms in total. The SMILES string of the molecule is CCC(CC)C(=O)Nc1ccc2c(c1)N(S(=O)(=O)c1ccccc1)CCC2. The highest BCUT2D eigenvalue weighted by molar-refractivity contribution is 7.92. The number of fused-ring (bicyclic) bond motifs is 1. The maximum absolute atomic E-state index is 13.1. The summed E-state index contributed by atoms with van der Waals surface area (Å²) in [6.07, 6.45) is 3.17. The first-order valence-electron chi connectivity index (χ1n) is 9.49. The lowest BCUT2D eigenvalue weighted by Crippen LogP contribution is -2.35. The molecule has 0 saturated carbocycles. The second-order valence-corrected chi connectivity index (χ2v) is 8.70. The van der Waals surface area contributed by atoms with Crippen molar-refractivity contribution in [2.75, 3.05) is 16.2 Å². The molecule has 1 heterocycles. The van der Waals surface area contributed by atoms with E-state index in [1.165, 1.54) is 4.31 Å². The van der Waals surface area contributed by atoms with E-state index in [1.54, 1.807) is 36.4 Å². The highest BCUT2D eigenvalue weighted by atomic mass is 32.2. The Morgan fingerprint density at radius 1 is 1.11 bits per heavy atom. The number of aryl methyl sites for hydroxylation is 1. The van der Waals surface area contributed by atoms with Crippen LogP contribution in [0.3, 0.4) is 0 Å². The summed E-state index contributed by atoms with van der Waals surface area (Å²) in [5.41, 5.74) is 2.29. The van der Waals surface area contributed by atoms with E-state index < -0.39 is 10.0 Å². The second kappa shape index (κ2) is 8.13. The van der Waals surface area contributed by atoms with Crippen molar-refractivity contribution in [3.05, 3.63) is 54.1 Å². The minimum Gasteiger partial charge on any atom is -0.326 e. The first-order valence-corrected chi connectivity index (χ1v) is 10.9. The summed E-state index contributed by atoms with van der Waals surface area (Å²) in [6.45, 7) is 4.43. The third-order valence-corrected chi connectivity index (χ3v) is 6.94. The third kappa shape index (κ3) is 4.00. The average molecular weight is 387 g/mol. The van der Waals surface area contributed by atoms with Crippen LogP contribution in [0.25, 0.3) is 0 Å². The van der Waals surface area contributed by atoms with E-state index in [1.807, 2.05) is 26.0 Å². The molecular weight excluding hydrogens is 360 g/mol. The lowest BCUT2D eigenvalue weighted by molar-refractivity contribution is -0.120. The second-order valence-electron chi connectivity index (χ2n) is 6.84. The summed E-state index contributed by atoms with van der Waals surface area (Å²) in [5.74, 6) is -0.0570. The van der Waals surface area contributed by atoms with Crippen molar-refractivity contribution in [1.82, 2.24) is 0 Å². The van der Waals surface area contributed by atoms with Crippen molar-refractivity contribution in [3.8, 4) is 0 Å². The molecule has 1 N–H and O–H groups in total. The number of rotatable bonds is 6. The molecule has 0 atom stereocenters. The molecular formula is C21H26N2O3S. The maximum atomic E-state index is 13.1. The molecule has 1 aliphatic heterocycles. The number of amides is 1. The van der Waals surface area contributed by atoms with Gasteiger partial charge in [0.1, 0.15) is 0 Å². The average Bonchev–Trinajstić information content (AvgIpc) is 2.69. The van der Waals surface area contributed by atoms with Crippen LogP contribution < -0.4 is 9.62 Å². The Kier molecular flexibility index (Phi) is 5.85. The lowest BCUT2D eigenvalue weighted by Gasteiger charge is -2.31. The molecule has 2 aromatic rings. The zero-order chi connectivity index (χ0) is 19.4. The van der Waals surface area contributed by atoms with Crippen LogP contribution in [-0.2, 0) is 21.2 Å². The number of nitrogens with zero attached hydrogens (tertiary/aromatic N) is 1. The number of hydrogen-bond donors (Lipinski definition) is 1. The summed E-state index contributed by atoms with van der Waals surface area (Å²) in [6, 6.07) is 14.0. The zero-order valence-electron chi connectivity index (χ0n) is 15.8. The van der Waals surface area contributed by atoms with Crippen LogP contribution in [0.2, 0.25) is 0 Å². The number of benzene rings is 2. The van der Waals surface area contributed by atoms with Crippen LogP contribution in [0, 0.1) is 5.92 Å². The molecule has 144 valence electrons. The van der Waals surface area contributed by atoms with E-state index in [4.69, 9.17) is 0 Å². The van der Waals surface area contributed by atoms with Crippen molar-refractivity contribution in [2.45, 2.75) is 44.4 Å². The number of sulfonamides is 1. The van der Waals surface area contributed by atoms with Crippen molar-refractivity contribution >= 4 is 27.3 Å². The van der Waals surface area contributed by atoms with Gasteiger partial charge in [-0.1, -0.05) is 38.1 Å². The van der Waals surface area contributed by atoms with Gasteiger partial charge in [0.2, 0.25) is 5.91 Å². The first-order chi connectivity index (χ1) is 13.0. The fraction of sp³-hybridized carbons (Fsp3) is 0.381. The quantitative estimate of drug-likeness (QED) is 0.809. The van der Waals surface area contributed by atoms with Crippen LogP contribution in [0.15, 0.2) is 53.4 Å². The van der Waals surface area contributed by atoms with Crippen LogP contribution in [0.1, 0.15) is 38.7 Å². The van der Waals surface area contributed by atoms with Crippen LogP contribution in [0.4, 0.5) is 11.4 Å². The van der Waals surface area contributed by atoms with E-state index in [2.05, 4.69) is 5.32 Å².